The van der Waals surface area contributed by atoms with Crippen molar-refractivity contribution < 1.29 is 29.0 Å². The Morgan fingerprint density at radius 3 is 2.45 bits per heavy atom. The normalized spacial score (nSPS) is 14.5. The van der Waals surface area contributed by atoms with Gasteiger partial charge in [0.25, 0.3) is 5.91 Å². The molecule has 1 aliphatic rings. The first-order valence-corrected chi connectivity index (χ1v) is 9.00. The SMILES string of the molecule is CCOc1cc(/C=C2\NC(=O)NC2=O)cc(Cl)c1OCc1ccc(C(=O)O)cc1. The maximum Gasteiger partial charge on any atom is 0.335 e. The molecule has 1 heterocycles. The van der Waals surface area contributed by atoms with Crippen LogP contribution in [0, 0.1) is 0 Å². The maximum absolute atomic E-state index is 11.7. The lowest BCUT2D eigenvalue weighted by molar-refractivity contribution is -0.115. The zero-order valence-electron chi connectivity index (χ0n) is 15.3. The smallest absolute Gasteiger partial charge is 0.335 e. The van der Waals surface area contributed by atoms with Gasteiger partial charge in [-0.2, -0.15) is 0 Å². The van der Waals surface area contributed by atoms with E-state index in [1.165, 1.54) is 18.2 Å². The number of carbonyl (C=O) groups is 3. The fourth-order valence-corrected chi connectivity index (χ4v) is 2.90. The number of amides is 3. The van der Waals surface area contributed by atoms with E-state index in [9.17, 15) is 14.4 Å². The number of rotatable bonds is 7. The van der Waals surface area contributed by atoms with E-state index < -0.39 is 17.9 Å². The molecular weight excluding hydrogens is 400 g/mol. The molecular formula is C20H17ClN2O6. The van der Waals surface area contributed by atoms with Crippen LogP contribution >= 0.6 is 11.6 Å². The predicted octanol–water partition coefficient (Wildman–Crippen LogP) is 3.20. The average Bonchev–Trinajstić information content (AvgIpc) is 2.98. The predicted molar refractivity (Wildman–Crippen MR) is 105 cm³/mol. The van der Waals surface area contributed by atoms with Gasteiger partial charge < -0.3 is 19.9 Å². The zero-order valence-corrected chi connectivity index (χ0v) is 16.1. The van der Waals surface area contributed by atoms with Crippen LogP contribution in [-0.4, -0.2) is 29.6 Å². The standard InChI is InChI=1S/C20H17ClN2O6/c1-2-28-16-9-12(8-15-18(24)23-20(27)22-15)7-14(21)17(16)29-10-11-3-5-13(6-4-11)19(25)26/h3-9H,2,10H2,1H3,(H,25,26)(H2,22,23,24,27)/b15-8-. The summed E-state index contributed by atoms with van der Waals surface area (Å²) < 4.78 is 11.4. The van der Waals surface area contributed by atoms with Gasteiger partial charge in [-0.25, -0.2) is 9.59 Å². The van der Waals surface area contributed by atoms with Crippen LogP contribution in [0.5, 0.6) is 11.5 Å². The van der Waals surface area contributed by atoms with Crippen molar-refractivity contribution in [2.45, 2.75) is 13.5 Å². The lowest BCUT2D eigenvalue weighted by atomic mass is 10.1. The highest BCUT2D eigenvalue weighted by atomic mass is 35.5. The molecule has 0 saturated carbocycles. The molecule has 3 rings (SSSR count). The summed E-state index contributed by atoms with van der Waals surface area (Å²) in [5.41, 5.74) is 1.58. The number of carboxylic acid groups (broad SMARTS) is 1. The topological polar surface area (TPSA) is 114 Å². The minimum absolute atomic E-state index is 0.0979. The van der Waals surface area contributed by atoms with Crippen molar-refractivity contribution in [3.8, 4) is 11.5 Å². The summed E-state index contributed by atoms with van der Waals surface area (Å²) >= 11 is 6.35. The third-order valence-electron chi connectivity index (χ3n) is 3.95. The van der Waals surface area contributed by atoms with Crippen LogP contribution in [0.25, 0.3) is 6.08 Å². The number of ether oxygens (including phenoxy) is 2. The highest BCUT2D eigenvalue weighted by molar-refractivity contribution is 6.32. The Balaban J connectivity index is 1.82. The summed E-state index contributed by atoms with van der Waals surface area (Å²) in [6, 6.07) is 8.91. The van der Waals surface area contributed by atoms with Crippen LogP contribution < -0.4 is 20.1 Å². The first kappa shape index (κ1) is 20.2. The van der Waals surface area contributed by atoms with Gasteiger partial charge in [-0.3, -0.25) is 10.1 Å². The molecule has 0 unspecified atom stereocenters. The second-order valence-electron chi connectivity index (χ2n) is 6.02. The summed E-state index contributed by atoms with van der Waals surface area (Å²) in [6.45, 7) is 2.31. The number of aromatic carboxylic acids is 1. The average molecular weight is 417 g/mol. The number of benzene rings is 2. The molecule has 29 heavy (non-hydrogen) atoms. The van der Waals surface area contributed by atoms with Crippen molar-refractivity contribution in [1.29, 1.82) is 0 Å². The molecule has 8 nitrogen and oxygen atoms in total. The molecule has 3 amide bonds. The number of halogens is 1. The van der Waals surface area contributed by atoms with Crippen LogP contribution in [0.15, 0.2) is 42.1 Å². The Labute approximate surface area is 171 Å². The number of imide groups is 1. The van der Waals surface area contributed by atoms with Crippen LogP contribution in [0.2, 0.25) is 5.02 Å². The number of nitrogens with one attached hydrogen (secondary N) is 2. The van der Waals surface area contributed by atoms with Gasteiger partial charge in [0, 0.05) is 0 Å². The van der Waals surface area contributed by atoms with Crippen LogP contribution in [0.3, 0.4) is 0 Å². The molecule has 0 radical (unpaired) electrons. The summed E-state index contributed by atoms with van der Waals surface area (Å²) in [4.78, 5) is 33.9. The van der Waals surface area contributed by atoms with Crippen molar-refractivity contribution >= 4 is 35.6 Å². The molecule has 9 heteroatoms. The van der Waals surface area contributed by atoms with E-state index in [-0.39, 0.29) is 22.9 Å². The number of urea groups is 1. The van der Waals surface area contributed by atoms with Gasteiger partial charge in [0.1, 0.15) is 12.3 Å². The van der Waals surface area contributed by atoms with E-state index in [1.54, 1.807) is 31.2 Å². The van der Waals surface area contributed by atoms with Gasteiger partial charge in [-0.1, -0.05) is 23.7 Å². The summed E-state index contributed by atoms with van der Waals surface area (Å²) in [5, 5.41) is 13.7. The number of carboxylic acids is 1. The Morgan fingerprint density at radius 1 is 1.14 bits per heavy atom. The summed E-state index contributed by atoms with van der Waals surface area (Å²) in [6.07, 6.45) is 1.48. The first-order valence-electron chi connectivity index (χ1n) is 8.62. The first-order chi connectivity index (χ1) is 13.9. The molecule has 0 aliphatic carbocycles. The molecule has 0 aromatic heterocycles. The van der Waals surface area contributed by atoms with Crippen LogP contribution in [0.4, 0.5) is 4.79 Å². The van der Waals surface area contributed by atoms with E-state index >= 15 is 0 Å². The number of hydrogen-bond donors (Lipinski definition) is 3. The van der Waals surface area contributed by atoms with Crippen molar-refractivity contribution in [3.05, 3.63) is 63.8 Å². The fraction of sp³-hybridized carbons (Fsp3) is 0.150. The van der Waals surface area contributed by atoms with E-state index in [0.29, 0.717) is 23.7 Å². The van der Waals surface area contributed by atoms with Crippen molar-refractivity contribution in [2.24, 2.45) is 0 Å². The maximum atomic E-state index is 11.7. The molecule has 2 aromatic carbocycles. The van der Waals surface area contributed by atoms with E-state index in [4.69, 9.17) is 26.2 Å². The Hall–Kier alpha value is -3.52. The minimum atomic E-state index is -1.00. The van der Waals surface area contributed by atoms with E-state index in [2.05, 4.69) is 10.6 Å². The third-order valence-corrected chi connectivity index (χ3v) is 4.23. The Morgan fingerprint density at radius 2 is 1.86 bits per heavy atom. The lowest BCUT2D eigenvalue weighted by Gasteiger charge is -2.15. The second kappa shape index (κ2) is 8.66. The van der Waals surface area contributed by atoms with Gasteiger partial charge in [-0.05, 0) is 48.4 Å². The molecule has 0 bridgehead atoms. The molecule has 1 fully saturated rings. The van der Waals surface area contributed by atoms with E-state index in [0.717, 1.165) is 5.56 Å². The molecule has 1 saturated heterocycles. The molecule has 150 valence electrons. The van der Waals surface area contributed by atoms with Crippen LogP contribution in [-0.2, 0) is 11.4 Å². The zero-order chi connectivity index (χ0) is 21.0. The Kier molecular flexibility index (Phi) is 6.04. The minimum Gasteiger partial charge on any atom is -0.490 e. The molecule has 0 spiro atoms. The second-order valence-corrected chi connectivity index (χ2v) is 6.43. The van der Waals surface area contributed by atoms with Crippen molar-refractivity contribution in [2.75, 3.05) is 6.61 Å². The number of hydrogen-bond acceptors (Lipinski definition) is 5. The molecule has 1 aliphatic heterocycles. The van der Waals surface area contributed by atoms with Gasteiger partial charge in [-0.15, -0.1) is 0 Å². The van der Waals surface area contributed by atoms with E-state index in [1.807, 2.05) is 0 Å². The van der Waals surface area contributed by atoms with Crippen LogP contribution in [0.1, 0.15) is 28.4 Å². The van der Waals surface area contributed by atoms with Gasteiger partial charge >= 0.3 is 12.0 Å². The Bertz CT molecular complexity index is 1000. The molecule has 2 aromatic rings. The quantitative estimate of drug-likeness (QED) is 0.471. The highest BCUT2D eigenvalue weighted by Crippen LogP contribution is 2.38. The lowest BCUT2D eigenvalue weighted by Crippen LogP contribution is -2.22. The van der Waals surface area contributed by atoms with Gasteiger partial charge in [0.2, 0.25) is 0 Å². The van der Waals surface area contributed by atoms with Crippen molar-refractivity contribution in [1.82, 2.24) is 10.6 Å². The summed E-state index contributed by atoms with van der Waals surface area (Å²) in [7, 11) is 0. The van der Waals surface area contributed by atoms with Gasteiger partial charge in [0.15, 0.2) is 11.5 Å². The van der Waals surface area contributed by atoms with Crippen molar-refractivity contribution in [3.63, 3.8) is 0 Å². The van der Waals surface area contributed by atoms with Gasteiger partial charge in [0.05, 0.1) is 17.2 Å². The highest BCUT2D eigenvalue weighted by Gasteiger charge is 2.23. The third kappa shape index (κ3) is 4.85. The largest absolute Gasteiger partial charge is 0.490 e. The molecule has 0 atom stereocenters. The number of carbonyl (C=O) groups excluding carboxylic acids is 2. The fourth-order valence-electron chi connectivity index (χ4n) is 2.62. The summed E-state index contributed by atoms with van der Waals surface area (Å²) in [5.74, 6) is -0.846. The molecule has 3 N–H and O–H groups in total. The monoisotopic (exact) mass is 416 g/mol.